The molecule has 19 heavy (non-hydrogen) atoms. The van der Waals surface area contributed by atoms with Crippen molar-refractivity contribution in [2.24, 2.45) is 11.7 Å². The van der Waals surface area contributed by atoms with Crippen molar-refractivity contribution in [2.75, 3.05) is 5.32 Å². The van der Waals surface area contributed by atoms with Gasteiger partial charge >= 0.3 is 0 Å². The summed E-state index contributed by atoms with van der Waals surface area (Å²) in [7, 11) is 0. The number of carbonyl (C=O) groups is 1. The lowest BCUT2D eigenvalue weighted by Gasteiger charge is -2.24. The molecule has 0 aliphatic carbocycles. The van der Waals surface area contributed by atoms with Gasteiger partial charge < -0.3 is 15.8 Å². The van der Waals surface area contributed by atoms with E-state index in [1.165, 1.54) is 0 Å². The molecule has 0 spiro atoms. The number of nitrogens with one attached hydrogen (secondary N) is 1. The summed E-state index contributed by atoms with van der Waals surface area (Å²) in [6.07, 6.45) is 0. The topological polar surface area (TPSA) is 64.4 Å². The molecule has 3 N–H and O–H groups in total. The highest BCUT2D eigenvalue weighted by molar-refractivity contribution is 5.94. The molecule has 0 fully saturated rings. The lowest BCUT2D eigenvalue weighted by molar-refractivity contribution is -0.119. The summed E-state index contributed by atoms with van der Waals surface area (Å²) >= 11 is 0. The van der Waals surface area contributed by atoms with E-state index < -0.39 is 0 Å². The van der Waals surface area contributed by atoms with Crippen LogP contribution in [0.25, 0.3) is 0 Å². The average Bonchev–Trinajstić information content (AvgIpc) is 2.28. The minimum absolute atomic E-state index is 0.0973. The molecular formula is C15H24N2O2. The first kappa shape index (κ1) is 15.5. The maximum Gasteiger partial charge on any atom is 0.228 e. The van der Waals surface area contributed by atoms with Gasteiger partial charge in [-0.15, -0.1) is 0 Å². The third kappa shape index (κ3) is 4.91. The standard InChI is InChI=1S/C15H24N2O2/c1-10(11(2)16)14(18)17-12-8-6-7-9-13(12)19-15(3,4)5/h6-11H,16H2,1-5H3,(H,17,18). The molecule has 2 atom stereocenters. The molecule has 106 valence electrons. The molecule has 1 rings (SSSR count). The van der Waals surface area contributed by atoms with Crippen molar-refractivity contribution in [3.63, 3.8) is 0 Å². The summed E-state index contributed by atoms with van der Waals surface area (Å²) in [5.41, 5.74) is 6.10. The van der Waals surface area contributed by atoms with E-state index in [1.807, 2.05) is 58.9 Å². The van der Waals surface area contributed by atoms with Crippen LogP contribution in [0, 0.1) is 5.92 Å². The quantitative estimate of drug-likeness (QED) is 0.879. The van der Waals surface area contributed by atoms with Gasteiger partial charge in [-0.05, 0) is 39.8 Å². The number of carbonyl (C=O) groups excluding carboxylic acids is 1. The number of hydrogen-bond acceptors (Lipinski definition) is 3. The number of rotatable bonds is 4. The number of nitrogens with two attached hydrogens (primary N) is 1. The van der Waals surface area contributed by atoms with Crippen LogP contribution < -0.4 is 15.8 Å². The predicted molar refractivity (Wildman–Crippen MR) is 78.3 cm³/mol. The van der Waals surface area contributed by atoms with Crippen LogP contribution in [0.4, 0.5) is 5.69 Å². The van der Waals surface area contributed by atoms with Crippen molar-refractivity contribution in [2.45, 2.75) is 46.3 Å². The van der Waals surface area contributed by atoms with Crippen LogP contribution in [0.5, 0.6) is 5.75 Å². The smallest absolute Gasteiger partial charge is 0.228 e. The second-order valence-corrected chi connectivity index (χ2v) is 5.85. The summed E-state index contributed by atoms with van der Waals surface area (Å²) in [5.74, 6) is 0.322. The van der Waals surface area contributed by atoms with Gasteiger partial charge in [-0.2, -0.15) is 0 Å². The summed E-state index contributed by atoms with van der Waals surface area (Å²) in [5, 5.41) is 2.87. The van der Waals surface area contributed by atoms with E-state index in [0.29, 0.717) is 11.4 Å². The molecule has 2 unspecified atom stereocenters. The fourth-order valence-electron chi connectivity index (χ4n) is 1.47. The summed E-state index contributed by atoms with van der Waals surface area (Å²) in [6, 6.07) is 7.23. The zero-order valence-corrected chi connectivity index (χ0v) is 12.4. The van der Waals surface area contributed by atoms with Crippen LogP contribution in [-0.2, 0) is 4.79 Å². The number of anilines is 1. The molecule has 1 amide bonds. The average molecular weight is 264 g/mol. The Morgan fingerprint density at radius 3 is 2.37 bits per heavy atom. The number of benzene rings is 1. The fourth-order valence-corrected chi connectivity index (χ4v) is 1.47. The number of hydrogen-bond donors (Lipinski definition) is 2. The fraction of sp³-hybridized carbons (Fsp3) is 0.533. The molecule has 0 bridgehead atoms. The maximum absolute atomic E-state index is 12.0. The third-order valence-corrected chi connectivity index (χ3v) is 2.76. The molecule has 0 aliphatic heterocycles. The maximum atomic E-state index is 12.0. The molecule has 0 radical (unpaired) electrons. The summed E-state index contributed by atoms with van der Waals surface area (Å²) < 4.78 is 5.83. The van der Waals surface area contributed by atoms with E-state index in [2.05, 4.69) is 5.32 Å². The monoisotopic (exact) mass is 264 g/mol. The zero-order chi connectivity index (χ0) is 14.6. The van der Waals surface area contributed by atoms with Gasteiger partial charge in [-0.1, -0.05) is 19.1 Å². The lowest BCUT2D eigenvalue weighted by atomic mass is 10.0. The molecule has 4 heteroatoms. The zero-order valence-electron chi connectivity index (χ0n) is 12.4. The van der Waals surface area contributed by atoms with E-state index >= 15 is 0 Å². The van der Waals surface area contributed by atoms with E-state index in [-0.39, 0.29) is 23.5 Å². The Balaban J connectivity index is 2.87. The highest BCUT2D eigenvalue weighted by atomic mass is 16.5. The van der Waals surface area contributed by atoms with Gasteiger partial charge in [0.1, 0.15) is 11.4 Å². The van der Waals surface area contributed by atoms with Gasteiger partial charge in [-0.25, -0.2) is 0 Å². The predicted octanol–water partition coefficient (Wildman–Crippen LogP) is 2.79. The van der Waals surface area contributed by atoms with Crippen LogP contribution in [0.15, 0.2) is 24.3 Å². The first-order valence-corrected chi connectivity index (χ1v) is 6.55. The van der Waals surface area contributed by atoms with Crippen LogP contribution in [-0.4, -0.2) is 17.6 Å². The molecule has 4 nitrogen and oxygen atoms in total. The largest absolute Gasteiger partial charge is 0.486 e. The van der Waals surface area contributed by atoms with Crippen LogP contribution in [0.3, 0.4) is 0 Å². The molecule has 0 saturated heterocycles. The van der Waals surface area contributed by atoms with E-state index in [0.717, 1.165) is 0 Å². The number of amides is 1. The molecule has 0 aliphatic rings. The van der Waals surface area contributed by atoms with Gasteiger partial charge in [-0.3, -0.25) is 4.79 Å². The lowest BCUT2D eigenvalue weighted by Crippen LogP contribution is -2.34. The van der Waals surface area contributed by atoms with Crippen LogP contribution in [0.2, 0.25) is 0 Å². The van der Waals surface area contributed by atoms with Gasteiger partial charge in [0.15, 0.2) is 0 Å². The van der Waals surface area contributed by atoms with Crippen molar-refractivity contribution in [3.05, 3.63) is 24.3 Å². The Labute approximate surface area is 115 Å². The van der Waals surface area contributed by atoms with Gasteiger partial charge in [0.25, 0.3) is 0 Å². The van der Waals surface area contributed by atoms with Gasteiger partial charge in [0.05, 0.1) is 11.6 Å². The Morgan fingerprint density at radius 1 is 1.26 bits per heavy atom. The molecule has 1 aromatic carbocycles. The molecule has 0 aromatic heterocycles. The number of para-hydroxylation sites is 2. The van der Waals surface area contributed by atoms with Crippen molar-refractivity contribution in [1.82, 2.24) is 0 Å². The van der Waals surface area contributed by atoms with Crippen LogP contribution in [0.1, 0.15) is 34.6 Å². The van der Waals surface area contributed by atoms with Crippen molar-refractivity contribution < 1.29 is 9.53 Å². The Kier molecular flexibility index (Phi) is 4.95. The van der Waals surface area contributed by atoms with E-state index in [4.69, 9.17) is 10.5 Å². The Hall–Kier alpha value is -1.55. The minimum atomic E-state index is -0.312. The first-order chi connectivity index (χ1) is 8.70. The first-order valence-electron chi connectivity index (χ1n) is 6.55. The third-order valence-electron chi connectivity index (χ3n) is 2.76. The van der Waals surface area contributed by atoms with Crippen molar-refractivity contribution in [1.29, 1.82) is 0 Å². The highest BCUT2D eigenvalue weighted by Gasteiger charge is 2.20. The number of ether oxygens (including phenoxy) is 1. The highest BCUT2D eigenvalue weighted by Crippen LogP contribution is 2.28. The van der Waals surface area contributed by atoms with Gasteiger partial charge in [0.2, 0.25) is 5.91 Å². The van der Waals surface area contributed by atoms with Crippen LogP contribution >= 0.6 is 0 Å². The SMILES string of the molecule is CC(N)C(C)C(=O)Nc1ccccc1OC(C)(C)C. The normalized spacial score (nSPS) is 14.6. The van der Waals surface area contributed by atoms with Crippen molar-refractivity contribution in [3.8, 4) is 5.75 Å². The molecular weight excluding hydrogens is 240 g/mol. The van der Waals surface area contributed by atoms with Gasteiger partial charge in [0, 0.05) is 6.04 Å². The Morgan fingerprint density at radius 2 is 1.84 bits per heavy atom. The minimum Gasteiger partial charge on any atom is -0.486 e. The van der Waals surface area contributed by atoms with E-state index in [9.17, 15) is 4.79 Å². The second kappa shape index (κ2) is 6.06. The summed E-state index contributed by atoms with van der Waals surface area (Å²) in [4.78, 5) is 12.0. The second-order valence-electron chi connectivity index (χ2n) is 5.85. The summed E-state index contributed by atoms with van der Waals surface area (Å²) in [6.45, 7) is 9.54. The van der Waals surface area contributed by atoms with E-state index in [1.54, 1.807) is 0 Å². The van der Waals surface area contributed by atoms with Crippen molar-refractivity contribution >= 4 is 11.6 Å². The molecule has 1 aromatic rings. The Bertz CT molecular complexity index is 436. The molecule has 0 saturated carbocycles. The molecule has 0 heterocycles.